The first kappa shape index (κ1) is 12.2. The fourth-order valence-electron chi connectivity index (χ4n) is 2.09. The number of nitrogens with zero attached hydrogens (tertiary/aromatic N) is 1. The summed E-state index contributed by atoms with van der Waals surface area (Å²) in [6, 6.07) is 11.9. The Morgan fingerprint density at radius 2 is 2.00 bits per heavy atom. The Morgan fingerprint density at radius 3 is 2.74 bits per heavy atom. The maximum absolute atomic E-state index is 6.04. The first-order valence-corrected chi connectivity index (χ1v) is 6.71. The van der Waals surface area contributed by atoms with Crippen LogP contribution in [0.5, 0.6) is 0 Å². The third kappa shape index (κ3) is 2.24. The largest absolute Gasteiger partial charge is 0.436 e. The average molecular weight is 272 g/mol. The molecular weight excluding hydrogens is 258 g/mol. The Morgan fingerprint density at radius 1 is 1.16 bits per heavy atom. The van der Waals surface area contributed by atoms with E-state index in [1.54, 1.807) is 0 Å². The molecule has 2 aromatic carbocycles. The van der Waals surface area contributed by atoms with Crippen LogP contribution >= 0.6 is 11.6 Å². The molecule has 19 heavy (non-hydrogen) atoms. The third-order valence-corrected chi connectivity index (χ3v) is 3.69. The maximum Gasteiger partial charge on any atom is 0.227 e. The topological polar surface area (TPSA) is 26.0 Å². The number of aryl methyl sites for hydroxylation is 2. The Balaban J connectivity index is 2.11. The summed E-state index contributed by atoms with van der Waals surface area (Å²) in [5, 5.41) is 0.758. The second-order valence-corrected chi connectivity index (χ2v) is 5.05. The fourth-order valence-corrected chi connectivity index (χ4v) is 2.21. The molecule has 1 heterocycles. The Labute approximate surface area is 117 Å². The first-order valence-electron chi connectivity index (χ1n) is 6.33. The summed E-state index contributed by atoms with van der Waals surface area (Å²) < 4.78 is 5.79. The molecule has 96 valence electrons. The molecule has 0 amide bonds. The third-order valence-electron chi connectivity index (χ3n) is 3.27. The predicted molar refractivity (Wildman–Crippen MR) is 78.6 cm³/mol. The minimum absolute atomic E-state index is 0.642. The van der Waals surface area contributed by atoms with Gasteiger partial charge in [-0.3, -0.25) is 0 Å². The van der Waals surface area contributed by atoms with Gasteiger partial charge in [-0.15, -0.1) is 0 Å². The van der Waals surface area contributed by atoms with E-state index in [0.29, 0.717) is 5.89 Å². The Kier molecular flexibility index (Phi) is 3.03. The molecular formula is C16H14ClNO. The van der Waals surface area contributed by atoms with Crippen LogP contribution in [0.2, 0.25) is 5.02 Å². The van der Waals surface area contributed by atoms with Crippen molar-refractivity contribution in [3.05, 3.63) is 52.5 Å². The van der Waals surface area contributed by atoms with Gasteiger partial charge < -0.3 is 4.42 Å². The van der Waals surface area contributed by atoms with Crippen molar-refractivity contribution in [1.82, 2.24) is 4.98 Å². The van der Waals surface area contributed by atoms with Crippen molar-refractivity contribution in [2.45, 2.75) is 20.3 Å². The van der Waals surface area contributed by atoms with Crippen molar-refractivity contribution in [3.8, 4) is 11.5 Å². The zero-order valence-corrected chi connectivity index (χ0v) is 11.7. The molecule has 0 bridgehead atoms. The van der Waals surface area contributed by atoms with Crippen molar-refractivity contribution in [2.75, 3.05) is 0 Å². The van der Waals surface area contributed by atoms with Crippen molar-refractivity contribution in [1.29, 1.82) is 0 Å². The summed E-state index contributed by atoms with van der Waals surface area (Å²) in [6.07, 6.45) is 0.998. The Hall–Kier alpha value is -1.80. The number of oxazole rings is 1. The number of halogens is 1. The lowest BCUT2D eigenvalue weighted by atomic mass is 10.1. The van der Waals surface area contributed by atoms with Crippen LogP contribution in [0.25, 0.3) is 22.6 Å². The second-order valence-electron chi connectivity index (χ2n) is 4.64. The van der Waals surface area contributed by atoms with E-state index in [-0.39, 0.29) is 0 Å². The normalized spacial score (nSPS) is 11.1. The lowest BCUT2D eigenvalue weighted by molar-refractivity contribution is 0.619. The number of fused-ring (bicyclic) bond motifs is 1. The molecule has 0 fully saturated rings. The van der Waals surface area contributed by atoms with Crippen LogP contribution in [-0.2, 0) is 6.42 Å². The van der Waals surface area contributed by atoms with Gasteiger partial charge in [0.1, 0.15) is 5.52 Å². The van der Waals surface area contributed by atoms with Gasteiger partial charge in [-0.2, -0.15) is 0 Å². The lowest BCUT2D eigenvalue weighted by Crippen LogP contribution is -1.81. The number of hydrogen-bond donors (Lipinski definition) is 0. The molecule has 3 heteroatoms. The predicted octanol–water partition coefficient (Wildman–Crippen LogP) is 5.02. The van der Waals surface area contributed by atoms with Crippen molar-refractivity contribution >= 4 is 22.7 Å². The zero-order valence-electron chi connectivity index (χ0n) is 10.9. The Bertz CT molecular complexity index is 746. The monoisotopic (exact) mass is 271 g/mol. The van der Waals surface area contributed by atoms with Gasteiger partial charge in [0, 0.05) is 10.6 Å². The van der Waals surface area contributed by atoms with Gasteiger partial charge in [0.15, 0.2) is 5.58 Å². The average Bonchev–Trinajstić information content (AvgIpc) is 2.84. The molecule has 1 aromatic heterocycles. The summed E-state index contributed by atoms with van der Waals surface area (Å²) >= 11 is 6.04. The number of aromatic nitrogens is 1. The summed E-state index contributed by atoms with van der Waals surface area (Å²) in [7, 11) is 0. The van der Waals surface area contributed by atoms with Crippen LogP contribution in [0.1, 0.15) is 18.1 Å². The standard InChI is InChI=1S/C16H14ClNO/c1-3-11-4-7-15-14(9-11)18-16(19-15)12-5-6-13(17)10(2)8-12/h4-9H,3H2,1-2H3. The minimum atomic E-state index is 0.642. The summed E-state index contributed by atoms with van der Waals surface area (Å²) in [6.45, 7) is 4.11. The molecule has 0 radical (unpaired) electrons. The quantitative estimate of drug-likeness (QED) is 0.654. The molecule has 2 nitrogen and oxygen atoms in total. The molecule has 0 aliphatic heterocycles. The highest BCUT2D eigenvalue weighted by atomic mass is 35.5. The van der Waals surface area contributed by atoms with Gasteiger partial charge >= 0.3 is 0 Å². The molecule has 0 saturated carbocycles. The number of benzene rings is 2. The second kappa shape index (κ2) is 4.71. The SMILES string of the molecule is CCc1ccc2oc(-c3ccc(Cl)c(C)c3)nc2c1. The van der Waals surface area contributed by atoms with Crippen LogP contribution in [0, 0.1) is 6.92 Å². The van der Waals surface area contributed by atoms with Gasteiger partial charge in [-0.25, -0.2) is 4.98 Å². The van der Waals surface area contributed by atoms with Gasteiger partial charge in [0.25, 0.3) is 0 Å². The van der Waals surface area contributed by atoms with Crippen LogP contribution in [0.3, 0.4) is 0 Å². The molecule has 0 unspecified atom stereocenters. The number of hydrogen-bond acceptors (Lipinski definition) is 2. The zero-order chi connectivity index (χ0) is 13.4. The van der Waals surface area contributed by atoms with E-state index in [1.807, 2.05) is 31.2 Å². The van der Waals surface area contributed by atoms with Gasteiger partial charge in [-0.05, 0) is 54.8 Å². The molecule has 0 atom stereocenters. The molecule has 3 aromatic rings. The highest BCUT2D eigenvalue weighted by Gasteiger charge is 2.09. The molecule has 0 N–H and O–H groups in total. The van der Waals surface area contributed by atoms with E-state index >= 15 is 0 Å². The number of rotatable bonds is 2. The van der Waals surface area contributed by atoms with Crippen molar-refractivity contribution in [2.24, 2.45) is 0 Å². The van der Waals surface area contributed by atoms with E-state index in [2.05, 4.69) is 24.0 Å². The van der Waals surface area contributed by atoms with E-state index in [1.165, 1.54) is 5.56 Å². The summed E-state index contributed by atoms with van der Waals surface area (Å²) in [5.74, 6) is 0.642. The summed E-state index contributed by atoms with van der Waals surface area (Å²) in [5.41, 5.74) is 4.97. The molecule has 0 spiro atoms. The highest BCUT2D eigenvalue weighted by Crippen LogP contribution is 2.27. The molecule has 0 aliphatic rings. The van der Waals surface area contributed by atoms with Crippen molar-refractivity contribution in [3.63, 3.8) is 0 Å². The first-order chi connectivity index (χ1) is 9.17. The van der Waals surface area contributed by atoms with Crippen LogP contribution < -0.4 is 0 Å². The van der Waals surface area contributed by atoms with Crippen LogP contribution in [0.4, 0.5) is 0 Å². The lowest BCUT2D eigenvalue weighted by Gasteiger charge is -1.99. The van der Waals surface area contributed by atoms with Gasteiger partial charge in [-0.1, -0.05) is 24.6 Å². The molecule has 0 saturated heterocycles. The summed E-state index contributed by atoms with van der Waals surface area (Å²) in [4.78, 5) is 4.55. The minimum Gasteiger partial charge on any atom is -0.436 e. The van der Waals surface area contributed by atoms with E-state index in [9.17, 15) is 0 Å². The van der Waals surface area contributed by atoms with E-state index in [4.69, 9.17) is 16.0 Å². The van der Waals surface area contributed by atoms with Crippen LogP contribution in [0.15, 0.2) is 40.8 Å². The fraction of sp³-hybridized carbons (Fsp3) is 0.188. The van der Waals surface area contributed by atoms with Crippen LogP contribution in [-0.4, -0.2) is 4.98 Å². The van der Waals surface area contributed by atoms with Gasteiger partial charge in [0.2, 0.25) is 5.89 Å². The van der Waals surface area contributed by atoms with E-state index < -0.39 is 0 Å². The van der Waals surface area contributed by atoms with E-state index in [0.717, 1.165) is 33.7 Å². The van der Waals surface area contributed by atoms with Crippen molar-refractivity contribution < 1.29 is 4.42 Å². The van der Waals surface area contributed by atoms with Gasteiger partial charge in [0.05, 0.1) is 0 Å². The smallest absolute Gasteiger partial charge is 0.227 e. The maximum atomic E-state index is 6.04. The molecule has 3 rings (SSSR count). The molecule has 0 aliphatic carbocycles. The highest BCUT2D eigenvalue weighted by molar-refractivity contribution is 6.31.